The number of carbonyl (C=O) groups excluding carboxylic acids is 1. The zero-order valence-electron chi connectivity index (χ0n) is 20.5. The van der Waals surface area contributed by atoms with Crippen molar-refractivity contribution >= 4 is 33.7 Å². The Morgan fingerprint density at radius 1 is 1.00 bits per heavy atom. The van der Waals surface area contributed by atoms with Crippen LogP contribution in [0, 0.1) is 0 Å². The van der Waals surface area contributed by atoms with E-state index in [0.29, 0.717) is 6.42 Å². The van der Waals surface area contributed by atoms with Crippen molar-refractivity contribution in [1.29, 1.82) is 0 Å². The molecule has 2 aliphatic heterocycles. The summed E-state index contributed by atoms with van der Waals surface area (Å²) >= 11 is 1.67. The van der Waals surface area contributed by atoms with Crippen LogP contribution in [0.25, 0.3) is 22.2 Å². The first-order valence-electron chi connectivity index (χ1n) is 13.0. The second kappa shape index (κ2) is 10.5. The van der Waals surface area contributed by atoms with Crippen LogP contribution >= 0.6 is 11.3 Å². The molecular formula is C29H32N4O2S. The molecule has 36 heavy (non-hydrogen) atoms. The number of hydrogen-bond acceptors (Lipinski definition) is 6. The monoisotopic (exact) mass is 500 g/mol. The Labute approximate surface area is 215 Å². The number of morpholine rings is 1. The van der Waals surface area contributed by atoms with Gasteiger partial charge in [0.05, 0.1) is 30.5 Å². The average molecular weight is 501 g/mol. The molecule has 1 atom stereocenters. The Hall–Kier alpha value is -3.00. The lowest BCUT2D eigenvalue weighted by Crippen LogP contribution is -2.38. The number of nitrogens with one attached hydrogen (secondary N) is 1. The fraction of sp³-hybridized carbons (Fsp3) is 0.379. The molecule has 2 aromatic heterocycles. The van der Waals surface area contributed by atoms with E-state index in [1.807, 2.05) is 0 Å². The van der Waals surface area contributed by atoms with Crippen LogP contribution < -0.4 is 4.90 Å². The van der Waals surface area contributed by atoms with Crippen LogP contribution in [0.5, 0.6) is 0 Å². The molecule has 0 radical (unpaired) electrons. The fourth-order valence-electron chi connectivity index (χ4n) is 5.55. The van der Waals surface area contributed by atoms with Crippen molar-refractivity contribution in [3.05, 3.63) is 70.4 Å². The Bertz CT molecular complexity index is 1300. The number of aromatic amines is 1. The number of likely N-dealkylation sites (tertiary alicyclic amines) is 1. The van der Waals surface area contributed by atoms with Gasteiger partial charge in [0.1, 0.15) is 0 Å². The lowest BCUT2D eigenvalue weighted by atomic mass is 9.95. The van der Waals surface area contributed by atoms with Gasteiger partial charge in [0.25, 0.3) is 0 Å². The number of Topliss-reactive ketones (excluding diaryl/α,β-unsaturated/α-hetero) is 1. The van der Waals surface area contributed by atoms with E-state index in [0.717, 1.165) is 72.7 Å². The number of ketones is 1. The van der Waals surface area contributed by atoms with Gasteiger partial charge in [0, 0.05) is 36.1 Å². The predicted molar refractivity (Wildman–Crippen MR) is 146 cm³/mol. The standard InChI is InChI=1S/C29H32N4O2S/c34-27(29(23-10-17-36-20-23)33-11-2-1-3-12-33)19-21-4-9-26-25(18-21)28(31-30-26)22-5-7-24(8-6-22)32-13-15-35-16-14-32/h4-10,17-18,20,29H,1-3,11-16,19H2,(H,30,31). The van der Waals surface area contributed by atoms with Gasteiger partial charge in [-0.05, 0) is 78.2 Å². The average Bonchev–Trinajstić information content (AvgIpc) is 3.60. The van der Waals surface area contributed by atoms with Crippen molar-refractivity contribution in [2.75, 3.05) is 44.3 Å². The third-order valence-electron chi connectivity index (χ3n) is 7.44. The van der Waals surface area contributed by atoms with E-state index >= 15 is 0 Å². The number of piperidine rings is 1. The maximum absolute atomic E-state index is 13.7. The maximum atomic E-state index is 13.7. The third kappa shape index (κ3) is 4.83. The Kier molecular flexibility index (Phi) is 6.86. The first-order chi connectivity index (χ1) is 17.8. The number of benzene rings is 2. The maximum Gasteiger partial charge on any atom is 0.158 e. The number of hydrogen-bond donors (Lipinski definition) is 1. The summed E-state index contributed by atoms with van der Waals surface area (Å²) in [6, 6.07) is 16.8. The molecule has 2 fully saturated rings. The van der Waals surface area contributed by atoms with Crippen LogP contribution in [0.2, 0.25) is 0 Å². The first-order valence-corrected chi connectivity index (χ1v) is 13.9. The Morgan fingerprint density at radius 2 is 1.81 bits per heavy atom. The molecule has 0 aliphatic carbocycles. The van der Waals surface area contributed by atoms with Crippen LogP contribution in [-0.4, -0.2) is 60.3 Å². The van der Waals surface area contributed by atoms with Gasteiger partial charge >= 0.3 is 0 Å². The van der Waals surface area contributed by atoms with E-state index in [1.165, 1.54) is 24.9 Å². The van der Waals surface area contributed by atoms with E-state index in [1.54, 1.807) is 11.3 Å². The zero-order valence-corrected chi connectivity index (χ0v) is 21.3. The van der Waals surface area contributed by atoms with E-state index in [2.05, 4.69) is 79.3 Å². The number of anilines is 1. The molecule has 186 valence electrons. The highest BCUT2D eigenvalue weighted by Gasteiger charge is 2.29. The van der Waals surface area contributed by atoms with Crippen LogP contribution in [0.1, 0.15) is 36.4 Å². The number of ether oxygens (including phenoxy) is 1. The number of H-pyrrole nitrogens is 1. The van der Waals surface area contributed by atoms with Crippen molar-refractivity contribution in [3.8, 4) is 11.3 Å². The highest BCUT2D eigenvalue weighted by atomic mass is 32.1. The molecule has 4 heterocycles. The highest BCUT2D eigenvalue weighted by molar-refractivity contribution is 7.08. The molecule has 0 spiro atoms. The molecule has 7 heteroatoms. The number of thiophene rings is 1. The summed E-state index contributed by atoms with van der Waals surface area (Å²) in [4.78, 5) is 18.4. The molecule has 0 saturated carbocycles. The number of nitrogens with zero attached hydrogens (tertiary/aromatic N) is 3. The van der Waals surface area contributed by atoms with Crippen molar-refractivity contribution in [3.63, 3.8) is 0 Å². The summed E-state index contributed by atoms with van der Waals surface area (Å²) in [6.45, 7) is 5.39. The largest absolute Gasteiger partial charge is 0.378 e. The van der Waals surface area contributed by atoms with Gasteiger partial charge < -0.3 is 9.64 Å². The molecular weight excluding hydrogens is 468 g/mol. The summed E-state index contributed by atoms with van der Waals surface area (Å²) in [7, 11) is 0. The van der Waals surface area contributed by atoms with E-state index < -0.39 is 0 Å². The molecule has 2 aromatic carbocycles. The van der Waals surface area contributed by atoms with Crippen molar-refractivity contribution < 1.29 is 9.53 Å². The minimum Gasteiger partial charge on any atom is -0.378 e. The number of rotatable bonds is 7. The van der Waals surface area contributed by atoms with Crippen LogP contribution in [0.4, 0.5) is 5.69 Å². The summed E-state index contributed by atoms with van der Waals surface area (Å²) < 4.78 is 5.48. The molecule has 0 amide bonds. The third-order valence-corrected chi connectivity index (χ3v) is 8.14. The molecule has 6 rings (SSSR count). The molecule has 2 aliphatic rings. The number of fused-ring (bicyclic) bond motifs is 1. The van der Waals surface area contributed by atoms with Crippen molar-refractivity contribution in [2.24, 2.45) is 0 Å². The lowest BCUT2D eigenvalue weighted by molar-refractivity contribution is -0.124. The molecule has 0 bridgehead atoms. The van der Waals surface area contributed by atoms with E-state index in [9.17, 15) is 4.79 Å². The van der Waals surface area contributed by atoms with E-state index in [-0.39, 0.29) is 11.8 Å². The van der Waals surface area contributed by atoms with Gasteiger partial charge in [-0.25, -0.2) is 0 Å². The molecule has 2 saturated heterocycles. The summed E-state index contributed by atoms with van der Waals surface area (Å²) in [5, 5.41) is 13.1. The normalized spacial score (nSPS) is 17.9. The molecule has 1 unspecified atom stereocenters. The van der Waals surface area contributed by atoms with E-state index in [4.69, 9.17) is 4.74 Å². The number of aromatic nitrogens is 2. The summed E-state index contributed by atoms with van der Waals surface area (Å²) in [6.07, 6.45) is 4.02. The zero-order chi connectivity index (χ0) is 24.3. The quantitative estimate of drug-likeness (QED) is 0.365. The Morgan fingerprint density at radius 3 is 2.56 bits per heavy atom. The number of carbonyl (C=O) groups is 1. The first kappa shape index (κ1) is 23.4. The summed E-state index contributed by atoms with van der Waals surface area (Å²) in [5.74, 6) is 0.273. The highest BCUT2D eigenvalue weighted by Crippen LogP contribution is 2.31. The van der Waals surface area contributed by atoms with Crippen molar-refractivity contribution in [2.45, 2.75) is 31.7 Å². The lowest BCUT2D eigenvalue weighted by Gasteiger charge is -2.33. The topological polar surface area (TPSA) is 61.5 Å². The second-order valence-electron chi connectivity index (χ2n) is 9.80. The van der Waals surface area contributed by atoms with Gasteiger partial charge in [-0.3, -0.25) is 14.8 Å². The van der Waals surface area contributed by atoms with Gasteiger partial charge in [-0.1, -0.05) is 24.6 Å². The molecule has 4 aromatic rings. The molecule has 1 N–H and O–H groups in total. The van der Waals surface area contributed by atoms with Crippen LogP contribution in [-0.2, 0) is 16.0 Å². The van der Waals surface area contributed by atoms with Gasteiger partial charge in [0.15, 0.2) is 5.78 Å². The SMILES string of the molecule is O=C(Cc1ccc2[nH]nc(-c3ccc(N4CCOCC4)cc3)c2c1)C(c1ccsc1)N1CCCCC1. The second-order valence-corrected chi connectivity index (χ2v) is 10.6. The smallest absolute Gasteiger partial charge is 0.158 e. The van der Waals surface area contributed by atoms with Gasteiger partial charge in [-0.2, -0.15) is 16.4 Å². The fourth-order valence-corrected chi connectivity index (χ4v) is 6.23. The minimum absolute atomic E-state index is 0.149. The van der Waals surface area contributed by atoms with Crippen LogP contribution in [0.3, 0.4) is 0 Å². The van der Waals surface area contributed by atoms with Crippen molar-refractivity contribution in [1.82, 2.24) is 15.1 Å². The Balaban J connectivity index is 1.24. The predicted octanol–water partition coefficient (Wildman–Crippen LogP) is 5.47. The van der Waals surface area contributed by atoms with Gasteiger partial charge in [-0.15, -0.1) is 0 Å². The minimum atomic E-state index is -0.149. The molecule has 6 nitrogen and oxygen atoms in total. The van der Waals surface area contributed by atoms with Gasteiger partial charge in [0.2, 0.25) is 0 Å². The summed E-state index contributed by atoms with van der Waals surface area (Å²) in [5.41, 5.74) is 6.38. The van der Waals surface area contributed by atoms with Crippen LogP contribution in [0.15, 0.2) is 59.3 Å².